The fraction of sp³-hybridized carbons (Fsp3) is 0.579. The molecule has 2 atom stereocenters. The first-order valence-electron chi connectivity index (χ1n) is 9.00. The van der Waals surface area contributed by atoms with Gasteiger partial charge in [-0.1, -0.05) is 24.1 Å². The van der Waals surface area contributed by atoms with Crippen molar-refractivity contribution in [1.29, 1.82) is 0 Å². The van der Waals surface area contributed by atoms with E-state index in [1.54, 1.807) is 31.3 Å². The van der Waals surface area contributed by atoms with E-state index in [0.29, 0.717) is 22.5 Å². The zero-order chi connectivity index (χ0) is 18.0. The Kier molecular flexibility index (Phi) is 5.64. The van der Waals surface area contributed by atoms with Crippen LogP contribution in [0.4, 0.5) is 5.69 Å². The van der Waals surface area contributed by atoms with Crippen LogP contribution in [0.2, 0.25) is 5.02 Å². The maximum Gasteiger partial charge on any atom is 0.243 e. The van der Waals surface area contributed by atoms with Gasteiger partial charge < -0.3 is 16.0 Å². The van der Waals surface area contributed by atoms with Crippen molar-refractivity contribution in [2.24, 2.45) is 23.5 Å². The van der Waals surface area contributed by atoms with Crippen molar-refractivity contribution in [3.63, 3.8) is 0 Å². The predicted molar refractivity (Wildman–Crippen MR) is 99.2 cm³/mol. The number of fused-ring (bicyclic) bond motifs is 2. The lowest BCUT2D eigenvalue weighted by Crippen LogP contribution is -2.49. The Bertz CT molecular complexity index is 637. The molecule has 0 heterocycles. The number of likely N-dealkylation sites (N-methyl/N-ethyl adjacent to an activating group) is 1. The Morgan fingerprint density at radius 2 is 1.96 bits per heavy atom. The number of nitrogens with one attached hydrogen (secondary N) is 1. The Morgan fingerprint density at radius 1 is 1.28 bits per heavy atom. The summed E-state index contributed by atoms with van der Waals surface area (Å²) in [5, 5.41) is 3.34. The molecule has 2 saturated carbocycles. The predicted octanol–water partition coefficient (Wildman–Crippen LogP) is 2.89. The third-order valence-electron chi connectivity index (χ3n) is 5.63. The smallest absolute Gasteiger partial charge is 0.243 e. The summed E-state index contributed by atoms with van der Waals surface area (Å²) in [6.45, 7) is 0.0449. The summed E-state index contributed by atoms with van der Waals surface area (Å²) in [5.41, 5.74) is 6.94. The van der Waals surface area contributed by atoms with Gasteiger partial charge in [0.1, 0.15) is 0 Å². The van der Waals surface area contributed by atoms with Crippen LogP contribution in [0.1, 0.15) is 32.1 Å². The van der Waals surface area contributed by atoms with Gasteiger partial charge in [-0.25, -0.2) is 0 Å². The SMILES string of the molecule is CN(CC(=O)Nc1cccc(Cl)c1)C(=O)C1CC2CCCC(C1)C2N. The molecule has 2 aliphatic rings. The molecule has 25 heavy (non-hydrogen) atoms. The van der Waals surface area contributed by atoms with Crippen LogP contribution in [0.25, 0.3) is 0 Å². The first-order valence-corrected chi connectivity index (χ1v) is 9.38. The average Bonchev–Trinajstić information content (AvgIpc) is 2.53. The molecular weight excluding hydrogens is 338 g/mol. The zero-order valence-electron chi connectivity index (χ0n) is 14.6. The second-order valence-corrected chi connectivity index (χ2v) is 7.89. The van der Waals surface area contributed by atoms with Gasteiger partial charge in [-0.05, 0) is 55.7 Å². The van der Waals surface area contributed by atoms with Gasteiger partial charge in [-0.3, -0.25) is 9.59 Å². The number of carbonyl (C=O) groups excluding carboxylic acids is 2. The molecule has 5 nitrogen and oxygen atoms in total. The average molecular weight is 364 g/mol. The highest BCUT2D eigenvalue weighted by Gasteiger charge is 2.41. The molecule has 2 bridgehead atoms. The summed E-state index contributed by atoms with van der Waals surface area (Å²) < 4.78 is 0. The molecule has 1 aromatic carbocycles. The van der Waals surface area contributed by atoms with Crippen molar-refractivity contribution in [1.82, 2.24) is 4.90 Å². The minimum Gasteiger partial charge on any atom is -0.336 e. The minimum absolute atomic E-state index is 0.000861. The van der Waals surface area contributed by atoms with Crippen LogP contribution >= 0.6 is 11.6 Å². The second-order valence-electron chi connectivity index (χ2n) is 7.45. The van der Waals surface area contributed by atoms with Crippen LogP contribution in [-0.2, 0) is 9.59 Å². The van der Waals surface area contributed by atoms with E-state index in [1.165, 1.54) is 11.3 Å². The van der Waals surface area contributed by atoms with Gasteiger partial charge in [0.15, 0.2) is 0 Å². The summed E-state index contributed by atoms with van der Waals surface area (Å²) >= 11 is 5.92. The maximum atomic E-state index is 12.8. The zero-order valence-corrected chi connectivity index (χ0v) is 15.3. The number of rotatable bonds is 4. The van der Waals surface area contributed by atoms with Gasteiger partial charge in [-0.2, -0.15) is 0 Å². The molecular formula is C19H26ClN3O2. The number of halogens is 1. The van der Waals surface area contributed by atoms with E-state index < -0.39 is 0 Å². The highest BCUT2D eigenvalue weighted by molar-refractivity contribution is 6.30. The Labute approximate surface area is 153 Å². The Hall–Kier alpha value is -1.59. The van der Waals surface area contributed by atoms with Crippen molar-refractivity contribution in [2.45, 2.75) is 38.1 Å². The first kappa shape index (κ1) is 18.2. The summed E-state index contributed by atoms with van der Waals surface area (Å²) in [4.78, 5) is 26.5. The van der Waals surface area contributed by atoms with Crippen molar-refractivity contribution < 1.29 is 9.59 Å². The molecule has 0 radical (unpaired) electrons. The van der Waals surface area contributed by atoms with Gasteiger partial charge >= 0.3 is 0 Å². The van der Waals surface area contributed by atoms with Crippen LogP contribution in [0.5, 0.6) is 0 Å². The largest absolute Gasteiger partial charge is 0.336 e. The molecule has 2 fully saturated rings. The molecule has 0 aliphatic heterocycles. The van der Waals surface area contributed by atoms with Crippen molar-refractivity contribution in [3.8, 4) is 0 Å². The van der Waals surface area contributed by atoms with E-state index in [1.807, 2.05) is 0 Å². The molecule has 1 aromatic rings. The van der Waals surface area contributed by atoms with Crippen LogP contribution in [0.15, 0.2) is 24.3 Å². The summed E-state index contributed by atoms with van der Waals surface area (Å²) in [6, 6.07) is 7.23. The van der Waals surface area contributed by atoms with E-state index in [2.05, 4.69) is 5.32 Å². The lowest BCUT2D eigenvalue weighted by Gasteiger charge is -2.44. The number of hydrogen-bond donors (Lipinski definition) is 2. The van der Waals surface area contributed by atoms with Crippen LogP contribution in [0.3, 0.4) is 0 Å². The van der Waals surface area contributed by atoms with Crippen LogP contribution < -0.4 is 11.1 Å². The van der Waals surface area contributed by atoms with E-state index >= 15 is 0 Å². The third kappa shape index (κ3) is 4.33. The lowest BCUT2D eigenvalue weighted by molar-refractivity contribution is -0.139. The van der Waals surface area contributed by atoms with Gasteiger partial charge in [0.2, 0.25) is 11.8 Å². The number of nitrogens with two attached hydrogens (primary N) is 1. The Balaban J connectivity index is 1.54. The fourth-order valence-electron chi connectivity index (χ4n) is 4.36. The van der Waals surface area contributed by atoms with Crippen LogP contribution in [0, 0.1) is 17.8 Å². The minimum atomic E-state index is -0.217. The van der Waals surface area contributed by atoms with Crippen molar-refractivity contribution in [3.05, 3.63) is 29.3 Å². The molecule has 136 valence electrons. The molecule has 0 aromatic heterocycles. The van der Waals surface area contributed by atoms with Gasteiger partial charge in [0, 0.05) is 29.7 Å². The number of nitrogens with zero attached hydrogens (tertiary/aromatic N) is 1. The number of hydrogen-bond acceptors (Lipinski definition) is 3. The summed E-state index contributed by atoms with van der Waals surface area (Å²) in [7, 11) is 1.70. The van der Waals surface area contributed by atoms with E-state index in [-0.39, 0.29) is 30.3 Å². The van der Waals surface area contributed by atoms with E-state index in [0.717, 1.165) is 25.7 Å². The molecule has 0 saturated heterocycles. The topological polar surface area (TPSA) is 75.4 Å². The molecule has 0 spiro atoms. The Morgan fingerprint density at radius 3 is 2.60 bits per heavy atom. The maximum absolute atomic E-state index is 12.8. The van der Waals surface area contributed by atoms with Gasteiger partial charge in [-0.15, -0.1) is 0 Å². The van der Waals surface area contributed by atoms with Gasteiger partial charge in [0.25, 0.3) is 0 Å². The number of benzene rings is 1. The highest BCUT2D eigenvalue weighted by atomic mass is 35.5. The molecule has 2 unspecified atom stereocenters. The van der Waals surface area contributed by atoms with Crippen molar-refractivity contribution in [2.75, 3.05) is 18.9 Å². The monoisotopic (exact) mass is 363 g/mol. The molecule has 2 amide bonds. The first-order chi connectivity index (χ1) is 11.9. The summed E-state index contributed by atoms with van der Waals surface area (Å²) in [5.74, 6) is 0.750. The van der Waals surface area contributed by atoms with E-state index in [4.69, 9.17) is 17.3 Å². The quantitative estimate of drug-likeness (QED) is 0.863. The third-order valence-corrected chi connectivity index (χ3v) is 5.86. The van der Waals surface area contributed by atoms with Crippen LogP contribution in [-0.4, -0.2) is 36.3 Å². The second kappa shape index (κ2) is 7.75. The summed E-state index contributed by atoms with van der Waals surface area (Å²) in [6.07, 6.45) is 5.19. The number of amides is 2. The molecule has 2 aliphatic carbocycles. The lowest BCUT2D eigenvalue weighted by atomic mass is 9.65. The standard InChI is InChI=1S/C19H26ClN3O2/c1-23(11-17(24)22-16-7-3-6-15(20)10-16)19(25)14-8-12-4-2-5-13(9-14)18(12)21/h3,6-7,10,12-14,18H,2,4-5,8-9,11,21H2,1H3,(H,22,24). The number of anilines is 1. The van der Waals surface area contributed by atoms with Gasteiger partial charge in [0.05, 0.1) is 6.54 Å². The highest BCUT2D eigenvalue weighted by Crippen LogP contribution is 2.42. The normalized spacial score (nSPS) is 28.3. The molecule has 3 N–H and O–H groups in total. The molecule has 3 rings (SSSR count). The fourth-order valence-corrected chi connectivity index (χ4v) is 4.55. The van der Waals surface area contributed by atoms with E-state index in [9.17, 15) is 9.59 Å². The van der Waals surface area contributed by atoms with Crippen molar-refractivity contribution >= 4 is 29.1 Å². The molecule has 6 heteroatoms. The number of carbonyl (C=O) groups is 2.